The van der Waals surface area contributed by atoms with Crippen molar-refractivity contribution >= 4 is 17.2 Å². The number of carbonyl (C=O) groups is 1. The van der Waals surface area contributed by atoms with Gasteiger partial charge in [-0.1, -0.05) is 13.0 Å². The molecule has 0 bridgehead atoms. The Morgan fingerprint density at radius 3 is 2.89 bits per heavy atom. The second-order valence-electron chi connectivity index (χ2n) is 4.77. The van der Waals surface area contributed by atoms with Crippen LogP contribution in [0, 0.1) is 0 Å². The van der Waals surface area contributed by atoms with Gasteiger partial charge in [-0.15, -0.1) is 11.3 Å². The van der Waals surface area contributed by atoms with Crippen molar-refractivity contribution in [1.82, 2.24) is 10.2 Å². The quantitative estimate of drug-likeness (QED) is 0.858. The number of nitrogens with zero attached hydrogens (tertiary/aromatic N) is 1. The van der Waals surface area contributed by atoms with Gasteiger partial charge in [-0.25, -0.2) is 0 Å². The van der Waals surface area contributed by atoms with Crippen molar-refractivity contribution in [2.45, 2.75) is 38.6 Å². The first-order chi connectivity index (χ1) is 8.81. The van der Waals surface area contributed by atoms with Crippen LogP contribution in [-0.2, 0) is 4.79 Å². The van der Waals surface area contributed by atoms with E-state index in [9.17, 15) is 4.79 Å². The lowest BCUT2D eigenvalue weighted by molar-refractivity contribution is -0.130. The highest BCUT2D eigenvalue weighted by atomic mass is 32.1. The summed E-state index contributed by atoms with van der Waals surface area (Å²) in [5.74, 6) is 0.307. The van der Waals surface area contributed by atoms with Crippen molar-refractivity contribution in [3.05, 3.63) is 22.4 Å². The molecule has 4 heteroatoms. The highest BCUT2D eigenvalue weighted by molar-refractivity contribution is 7.10. The Labute approximate surface area is 113 Å². The Hall–Kier alpha value is -0.870. The number of rotatable bonds is 6. The lowest BCUT2D eigenvalue weighted by Crippen LogP contribution is -2.31. The Bertz CT molecular complexity index is 358. The molecular weight excluding hydrogens is 244 g/mol. The third-order valence-electron chi connectivity index (χ3n) is 3.48. The molecule has 0 aliphatic carbocycles. The van der Waals surface area contributed by atoms with Gasteiger partial charge in [0.2, 0.25) is 5.91 Å². The minimum Gasteiger partial charge on any atom is -0.343 e. The van der Waals surface area contributed by atoms with E-state index in [0.717, 1.165) is 26.1 Å². The van der Waals surface area contributed by atoms with E-state index in [-0.39, 0.29) is 0 Å². The van der Waals surface area contributed by atoms with Crippen LogP contribution in [-0.4, -0.2) is 30.4 Å². The molecular formula is C14H22N2OS. The Balaban J connectivity index is 1.72. The summed E-state index contributed by atoms with van der Waals surface area (Å²) < 4.78 is 0. The van der Waals surface area contributed by atoms with Gasteiger partial charge in [0.1, 0.15) is 0 Å². The second-order valence-corrected chi connectivity index (χ2v) is 5.75. The largest absolute Gasteiger partial charge is 0.343 e. The maximum Gasteiger partial charge on any atom is 0.223 e. The molecule has 1 unspecified atom stereocenters. The molecule has 0 spiro atoms. The van der Waals surface area contributed by atoms with E-state index in [1.54, 1.807) is 11.3 Å². The summed E-state index contributed by atoms with van der Waals surface area (Å²) in [5, 5.41) is 5.60. The van der Waals surface area contributed by atoms with Crippen LogP contribution in [0.4, 0.5) is 0 Å². The number of likely N-dealkylation sites (tertiary alicyclic amines) is 1. The number of hydrogen-bond donors (Lipinski definition) is 1. The van der Waals surface area contributed by atoms with Crippen LogP contribution in [0.5, 0.6) is 0 Å². The molecule has 3 nitrogen and oxygen atoms in total. The first-order valence-corrected chi connectivity index (χ1v) is 7.73. The highest BCUT2D eigenvalue weighted by Gasteiger charge is 2.17. The van der Waals surface area contributed by atoms with E-state index in [2.05, 4.69) is 29.8 Å². The van der Waals surface area contributed by atoms with Crippen molar-refractivity contribution < 1.29 is 4.79 Å². The van der Waals surface area contributed by atoms with Crippen LogP contribution >= 0.6 is 11.3 Å². The number of thiophene rings is 1. The number of hydrogen-bond acceptors (Lipinski definition) is 3. The molecule has 1 saturated heterocycles. The topological polar surface area (TPSA) is 32.3 Å². The molecule has 1 fully saturated rings. The van der Waals surface area contributed by atoms with E-state index in [1.165, 1.54) is 17.7 Å². The predicted octanol–water partition coefficient (Wildman–Crippen LogP) is 2.80. The molecule has 0 saturated carbocycles. The third-order valence-corrected chi connectivity index (χ3v) is 4.47. The minimum atomic E-state index is 0.307. The summed E-state index contributed by atoms with van der Waals surface area (Å²) in [6.07, 6.45) is 4.04. The normalized spacial score (nSPS) is 17.1. The molecule has 1 aromatic rings. The molecule has 1 aliphatic rings. The molecule has 0 aromatic carbocycles. The Morgan fingerprint density at radius 1 is 1.50 bits per heavy atom. The first-order valence-electron chi connectivity index (χ1n) is 6.86. The van der Waals surface area contributed by atoms with Gasteiger partial charge in [-0.2, -0.15) is 0 Å². The van der Waals surface area contributed by atoms with Gasteiger partial charge in [0.15, 0.2) is 0 Å². The molecule has 18 heavy (non-hydrogen) atoms. The van der Waals surface area contributed by atoms with Gasteiger partial charge >= 0.3 is 0 Å². The molecule has 2 rings (SSSR count). The van der Waals surface area contributed by atoms with Gasteiger partial charge in [0, 0.05) is 37.0 Å². The lowest BCUT2D eigenvalue weighted by atomic mass is 10.2. The smallest absolute Gasteiger partial charge is 0.223 e. The fourth-order valence-electron chi connectivity index (χ4n) is 2.41. The fraction of sp³-hybridized carbons (Fsp3) is 0.643. The molecule has 1 N–H and O–H groups in total. The van der Waals surface area contributed by atoms with Gasteiger partial charge in [0.05, 0.1) is 0 Å². The van der Waals surface area contributed by atoms with Crippen LogP contribution in [0.15, 0.2) is 17.5 Å². The molecule has 100 valence electrons. The lowest BCUT2D eigenvalue weighted by Gasteiger charge is -2.18. The van der Waals surface area contributed by atoms with Crippen molar-refractivity contribution in [1.29, 1.82) is 0 Å². The summed E-state index contributed by atoms with van der Waals surface area (Å²) in [6, 6.07) is 4.64. The molecule has 0 radical (unpaired) electrons. The SMILES string of the molecule is CCC(NCCC(=O)N1CCCC1)c1cccs1. The summed E-state index contributed by atoms with van der Waals surface area (Å²) in [6.45, 7) is 4.88. The third kappa shape index (κ3) is 3.56. The van der Waals surface area contributed by atoms with Gasteiger partial charge in [-0.05, 0) is 30.7 Å². The minimum absolute atomic E-state index is 0.307. The monoisotopic (exact) mass is 266 g/mol. The van der Waals surface area contributed by atoms with Crippen LogP contribution in [0.3, 0.4) is 0 Å². The Kier molecular flexibility index (Phi) is 5.20. The zero-order valence-corrected chi connectivity index (χ0v) is 11.8. The summed E-state index contributed by atoms with van der Waals surface area (Å²) in [5.41, 5.74) is 0. The zero-order valence-electron chi connectivity index (χ0n) is 11.0. The van der Waals surface area contributed by atoms with Gasteiger partial charge < -0.3 is 10.2 Å². The average molecular weight is 266 g/mol. The zero-order chi connectivity index (χ0) is 12.8. The van der Waals surface area contributed by atoms with Crippen LogP contribution in [0.25, 0.3) is 0 Å². The van der Waals surface area contributed by atoms with Gasteiger partial charge in [-0.3, -0.25) is 4.79 Å². The van der Waals surface area contributed by atoms with E-state index in [4.69, 9.17) is 0 Å². The molecule has 1 amide bonds. The number of carbonyl (C=O) groups excluding carboxylic acids is 1. The summed E-state index contributed by atoms with van der Waals surface area (Å²) in [4.78, 5) is 15.3. The van der Waals surface area contributed by atoms with E-state index >= 15 is 0 Å². The summed E-state index contributed by atoms with van der Waals surface area (Å²) >= 11 is 1.78. The Morgan fingerprint density at radius 2 is 2.28 bits per heavy atom. The molecule has 1 aromatic heterocycles. The average Bonchev–Trinajstić information content (AvgIpc) is 3.05. The van der Waals surface area contributed by atoms with E-state index < -0.39 is 0 Å². The number of amides is 1. The summed E-state index contributed by atoms with van der Waals surface area (Å²) in [7, 11) is 0. The molecule has 1 atom stereocenters. The van der Waals surface area contributed by atoms with Crippen LogP contribution < -0.4 is 5.32 Å². The first kappa shape index (κ1) is 13.6. The van der Waals surface area contributed by atoms with Crippen molar-refractivity contribution in [2.24, 2.45) is 0 Å². The van der Waals surface area contributed by atoms with Crippen molar-refractivity contribution in [3.63, 3.8) is 0 Å². The van der Waals surface area contributed by atoms with Crippen molar-refractivity contribution in [3.8, 4) is 0 Å². The van der Waals surface area contributed by atoms with Crippen molar-refractivity contribution in [2.75, 3.05) is 19.6 Å². The second kappa shape index (κ2) is 6.90. The highest BCUT2D eigenvalue weighted by Crippen LogP contribution is 2.21. The van der Waals surface area contributed by atoms with E-state index in [0.29, 0.717) is 18.4 Å². The van der Waals surface area contributed by atoms with E-state index in [1.807, 2.05) is 4.90 Å². The molecule has 2 heterocycles. The van der Waals surface area contributed by atoms with Crippen LogP contribution in [0.1, 0.15) is 43.5 Å². The fourth-order valence-corrected chi connectivity index (χ4v) is 3.30. The predicted molar refractivity (Wildman–Crippen MR) is 75.8 cm³/mol. The maximum atomic E-state index is 11.9. The number of nitrogens with one attached hydrogen (secondary N) is 1. The molecule has 1 aliphatic heterocycles. The standard InChI is InChI=1S/C14H22N2OS/c1-2-12(13-6-5-11-18-13)15-8-7-14(17)16-9-3-4-10-16/h5-6,11-12,15H,2-4,7-10H2,1H3. The maximum absolute atomic E-state index is 11.9. The van der Waals surface area contributed by atoms with Gasteiger partial charge in [0.25, 0.3) is 0 Å². The van der Waals surface area contributed by atoms with Crippen LogP contribution in [0.2, 0.25) is 0 Å².